The van der Waals surface area contributed by atoms with Crippen molar-refractivity contribution in [2.45, 2.75) is 38.8 Å². The monoisotopic (exact) mass is 248 g/mol. The summed E-state index contributed by atoms with van der Waals surface area (Å²) in [5, 5.41) is 3.39. The second kappa shape index (κ2) is 5.61. The predicted molar refractivity (Wildman–Crippen MR) is 76.6 cm³/mol. The van der Waals surface area contributed by atoms with Gasteiger partial charge in [-0.25, -0.2) is 0 Å². The lowest BCUT2D eigenvalue weighted by molar-refractivity contribution is 0.376. The molecule has 1 aromatic rings. The molecular weight excluding hydrogens is 224 g/mol. The molecule has 1 fully saturated rings. The van der Waals surface area contributed by atoms with Crippen molar-refractivity contribution in [1.29, 1.82) is 0 Å². The highest BCUT2D eigenvalue weighted by atomic mass is 16.5. The van der Waals surface area contributed by atoms with Gasteiger partial charge in [0.15, 0.2) is 0 Å². The van der Waals surface area contributed by atoms with Crippen LogP contribution in [0.15, 0.2) is 18.2 Å². The summed E-state index contributed by atoms with van der Waals surface area (Å²) in [6.07, 6.45) is 2.38. The smallest absolute Gasteiger partial charge is 0.142 e. The van der Waals surface area contributed by atoms with Crippen LogP contribution in [0.3, 0.4) is 0 Å². The molecule has 1 N–H and O–H groups in total. The van der Waals surface area contributed by atoms with Crippen LogP contribution in [0.2, 0.25) is 0 Å². The molecular formula is C15H24N2O. The van der Waals surface area contributed by atoms with Crippen LogP contribution in [-0.2, 0) is 0 Å². The Morgan fingerprint density at radius 1 is 1.39 bits per heavy atom. The van der Waals surface area contributed by atoms with Crippen molar-refractivity contribution in [2.75, 3.05) is 25.6 Å². The molecule has 0 bridgehead atoms. The molecule has 18 heavy (non-hydrogen) atoms. The van der Waals surface area contributed by atoms with Gasteiger partial charge in [-0.15, -0.1) is 0 Å². The number of hydrogen-bond acceptors (Lipinski definition) is 3. The first-order chi connectivity index (χ1) is 8.65. The maximum absolute atomic E-state index is 5.50. The van der Waals surface area contributed by atoms with Crippen LogP contribution in [0, 0.1) is 6.92 Å². The van der Waals surface area contributed by atoms with Crippen molar-refractivity contribution in [3.05, 3.63) is 23.8 Å². The van der Waals surface area contributed by atoms with Gasteiger partial charge in [0, 0.05) is 18.6 Å². The van der Waals surface area contributed by atoms with E-state index in [1.807, 2.05) is 0 Å². The number of anilines is 1. The van der Waals surface area contributed by atoms with Crippen LogP contribution in [0.5, 0.6) is 5.75 Å². The van der Waals surface area contributed by atoms with Gasteiger partial charge in [0.25, 0.3) is 0 Å². The van der Waals surface area contributed by atoms with E-state index >= 15 is 0 Å². The molecule has 1 heterocycles. The van der Waals surface area contributed by atoms with Crippen LogP contribution in [-0.4, -0.2) is 32.8 Å². The molecule has 1 aliphatic rings. The number of methoxy groups -OCH3 is 1. The fourth-order valence-corrected chi connectivity index (χ4v) is 2.82. The molecule has 1 aliphatic heterocycles. The van der Waals surface area contributed by atoms with Gasteiger partial charge in [-0.1, -0.05) is 6.07 Å². The summed E-state index contributed by atoms with van der Waals surface area (Å²) in [4.78, 5) is 2.47. The molecule has 0 aliphatic carbocycles. The molecule has 0 amide bonds. The highest BCUT2D eigenvalue weighted by Gasteiger charge is 2.26. The molecule has 0 spiro atoms. The van der Waals surface area contributed by atoms with E-state index in [1.165, 1.54) is 24.1 Å². The van der Waals surface area contributed by atoms with Gasteiger partial charge in [-0.05, 0) is 51.4 Å². The Morgan fingerprint density at radius 2 is 2.17 bits per heavy atom. The van der Waals surface area contributed by atoms with Gasteiger partial charge in [-0.3, -0.25) is 0 Å². The molecule has 100 valence electrons. The SMILES string of the molecule is CNC1CCN(c2cc(C)ccc2OC)C(C)C1. The first-order valence-corrected chi connectivity index (χ1v) is 6.74. The van der Waals surface area contributed by atoms with Crippen molar-refractivity contribution in [3.8, 4) is 5.75 Å². The van der Waals surface area contributed by atoms with Crippen LogP contribution in [0.4, 0.5) is 5.69 Å². The van der Waals surface area contributed by atoms with Crippen molar-refractivity contribution in [1.82, 2.24) is 5.32 Å². The zero-order valence-corrected chi connectivity index (χ0v) is 11.9. The minimum Gasteiger partial charge on any atom is -0.495 e. The van der Waals surface area contributed by atoms with Crippen molar-refractivity contribution in [2.24, 2.45) is 0 Å². The van der Waals surface area contributed by atoms with Gasteiger partial charge >= 0.3 is 0 Å². The van der Waals surface area contributed by atoms with Crippen LogP contribution < -0.4 is 15.0 Å². The van der Waals surface area contributed by atoms with Crippen LogP contribution in [0.1, 0.15) is 25.3 Å². The number of nitrogens with zero attached hydrogens (tertiary/aromatic N) is 1. The standard InChI is InChI=1S/C15H24N2O/c1-11-5-6-15(18-4)14(9-11)17-8-7-13(16-3)10-12(17)2/h5-6,9,12-13,16H,7-8,10H2,1-4H3. The first-order valence-electron chi connectivity index (χ1n) is 6.74. The second-order valence-corrected chi connectivity index (χ2v) is 5.23. The Hall–Kier alpha value is -1.22. The maximum Gasteiger partial charge on any atom is 0.142 e. The van der Waals surface area contributed by atoms with Crippen molar-refractivity contribution in [3.63, 3.8) is 0 Å². The van der Waals surface area contributed by atoms with E-state index in [1.54, 1.807) is 7.11 Å². The lowest BCUT2D eigenvalue weighted by Crippen LogP contribution is -2.46. The molecule has 2 atom stereocenters. The van der Waals surface area contributed by atoms with E-state index in [-0.39, 0.29) is 0 Å². The molecule has 0 aromatic heterocycles. The molecule has 1 aromatic carbocycles. The minimum atomic E-state index is 0.548. The summed E-state index contributed by atoms with van der Waals surface area (Å²) in [6.45, 7) is 5.52. The van der Waals surface area contributed by atoms with Crippen LogP contribution >= 0.6 is 0 Å². The lowest BCUT2D eigenvalue weighted by atomic mass is 9.97. The quantitative estimate of drug-likeness (QED) is 0.890. The molecule has 0 saturated carbocycles. The minimum absolute atomic E-state index is 0.548. The number of benzene rings is 1. The number of aryl methyl sites for hydroxylation is 1. The predicted octanol–water partition coefficient (Wildman–Crippen LogP) is 2.58. The molecule has 1 saturated heterocycles. The van der Waals surface area contributed by atoms with Gasteiger partial charge in [0.2, 0.25) is 0 Å². The Morgan fingerprint density at radius 3 is 2.78 bits per heavy atom. The third-order valence-electron chi connectivity index (χ3n) is 3.93. The summed E-state index contributed by atoms with van der Waals surface area (Å²) in [5.74, 6) is 0.982. The number of hydrogen-bond donors (Lipinski definition) is 1. The van der Waals surface area contributed by atoms with E-state index in [9.17, 15) is 0 Å². The molecule has 2 rings (SSSR count). The third kappa shape index (κ3) is 2.61. The third-order valence-corrected chi connectivity index (χ3v) is 3.93. The number of ether oxygens (including phenoxy) is 1. The summed E-state index contributed by atoms with van der Waals surface area (Å²) in [7, 11) is 3.81. The average Bonchev–Trinajstić information content (AvgIpc) is 2.38. The fourth-order valence-electron chi connectivity index (χ4n) is 2.82. The van der Waals surface area contributed by atoms with Gasteiger partial charge in [0.1, 0.15) is 5.75 Å². The van der Waals surface area contributed by atoms with E-state index in [4.69, 9.17) is 4.74 Å². The number of piperidine rings is 1. The lowest BCUT2D eigenvalue weighted by Gasteiger charge is -2.39. The number of rotatable bonds is 3. The topological polar surface area (TPSA) is 24.5 Å². The Kier molecular flexibility index (Phi) is 4.12. The van der Waals surface area contributed by atoms with Gasteiger partial charge in [-0.2, -0.15) is 0 Å². The van der Waals surface area contributed by atoms with E-state index in [0.717, 1.165) is 12.3 Å². The maximum atomic E-state index is 5.50. The normalized spacial score (nSPS) is 24.1. The van der Waals surface area contributed by atoms with Crippen molar-refractivity contribution >= 4 is 5.69 Å². The highest BCUT2D eigenvalue weighted by molar-refractivity contribution is 5.61. The fraction of sp³-hybridized carbons (Fsp3) is 0.600. The summed E-state index contributed by atoms with van der Waals surface area (Å²) >= 11 is 0. The molecule has 3 heteroatoms. The first kappa shape index (κ1) is 13.2. The Labute approximate surface area is 110 Å². The van der Waals surface area contributed by atoms with Gasteiger partial charge in [0.05, 0.1) is 12.8 Å². The average molecular weight is 248 g/mol. The van der Waals surface area contributed by atoms with E-state index in [2.05, 4.69) is 49.3 Å². The number of nitrogens with one attached hydrogen (secondary N) is 1. The zero-order chi connectivity index (χ0) is 13.1. The molecule has 3 nitrogen and oxygen atoms in total. The zero-order valence-electron chi connectivity index (χ0n) is 11.9. The Bertz CT molecular complexity index is 405. The largest absolute Gasteiger partial charge is 0.495 e. The van der Waals surface area contributed by atoms with E-state index < -0.39 is 0 Å². The summed E-state index contributed by atoms with van der Waals surface area (Å²) < 4.78 is 5.50. The molecule has 0 radical (unpaired) electrons. The summed E-state index contributed by atoms with van der Waals surface area (Å²) in [5.41, 5.74) is 2.52. The summed E-state index contributed by atoms with van der Waals surface area (Å²) in [6, 6.07) is 7.60. The van der Waals surface area contributed by atoms with E-state index in [0.29, 0.717) is 12.1 Å². The second-order valence-electron chi connectivity index (χ2n) is 5.23. The highest BCUT2D eigenvalue weighted by Crippen LogP contribution is 2.33. The molecule has 2 unspecified atom stereocenters. The van der Waals surface area contributed by atoms with Crippen LogP contribution in [0.25, 0.3) is 0 Å². The van der Waals surface area contributed by atoms with Gasteiger partial charge < -0.3 is 15.0 Å². The van der Waals surface area contributed by atoms with Crippen molar-refractivity contribution < 1.29 is 4.74 Å². The Balaban J connectivity index is 2.23.